The van der Waals surface area contributed by atoms with Crippen LogP contribution in [-0.4, -0.2) is 33.9 Å². The van der Waals surface area contributed by atoms with Crippen LogP contribution >= 0.6 is 0 Å². The van der Waals surface area contributed by atoms with Crippen molar-refractivity contribution in [2.45, 2.75) is 19.6 Å². The Bertz CT molecular complexity index is 1240. The van der Waals surface area contributed by atoms with E-state index < -0.39 is 6.10 Å². The highest BCUT2D eigenvalue weighted by Gasteiger charge is 2.16. The second-order valence-electron chi connectivity index (χ2n) is 7.66. The zero-order chi connectivity index (χ0) is 23.2. The Morgan fingerprint density at radius 2 is 1.79 bits per heavy atom. The summed E-state index contributed by atoms with van der Waals surface area (Å²) >= 11 is 0. The van der Waals surface area contributed by atoms with Gasteiger partial charge in [-0.05, 0) is 48.4 Å². The van der Waals surface area contributed by atoms with Gasteiger partial charge in [0.15, 0.2) is 6.10 Å². The predicted molar refractivity (Wildman–Crippen MR) is 127 cm³/mol. The van der Waals surface area contributed by atoms with Gasteiger partial charge in [-0.2, -0.15) is 5.10 Å². The summed E-state index contributed by atoms with van der Waals surface area (Å²) in [5, 5.41) is 7.61. The second-order valence-corrected chi connectivity index (χ2v) is 7.66. The molecule has 0 aliphatic rings. The van der Waals surface area contributed by atoms with Crippen molar-refractivity contribution < 1.29 is 14.3 Å². The van der Waals surface area contributed by atoms with Crippen LogP contribution in [-0.2, 0) is 18.4 Å². The van der Waals surface area contributed by atoms with Crippen molar-refractivity contribution >= 4 is 5.91 Å². The maximum absolute atomic E-state index is 12.6. The fourth-order valence-corrected chi connectivity index (χ4v) is 3.54. The number of benzene rings is 2. The van der Waals surface area contributed by atoms with Crippen molar-refractivity contribution in [3.05, 3.63) is 84.8 Å². The molecule has 0 saturated heterocycles. The van der Waals surface area contributed by atoms with Crippen molar-refractivity contribution in [2.75, 3.05) is 7.11 Å². The molecule has 0 bridgehead atoms. The van der Waals surface area contributed by atoms with Crippen molar-refractivity contribution in [1.29, 1.82) is 0 Å². The Kier molecular flexibility index (Phi) is 6.69. The molecule has 2 aromatic carbocycles. The Hall–Kier alpha value is -4.13. The molecular weight excluding hydrogens is 416 g/mol. The molecule has 0 radical (unpaired) electrons. The Morgan fingerprint density at radius 1 is 1.03 bits per heavy atom. The monoisotopic (exact) mass is 442 g/mol. The SMILES string of the molecule is COc1cccc(OC(C)C(=O)NCc2cccc(-c3nn(C)cc3-c3ccncc3)c2)c1. The van der Waals surface area contributed by atoms with E-state index in [-0.39, 0.29) is 5.91 Å². The van der Waals surface area contributed by atoms with E-state index in [9.17, 15) is 4.79 Å². The molecule has 2 heterocycles. The molecule has 0 spiro atoms. The first kappa shape index (κ1) is 22.1. The van der Waals surface area contributed by atoms with E-state index in [2.05, 4.69) is 15.4 Å². The number of carbonyl (C=O) groups is 1. The molecule has 4 rings (SSSR count). The third-order valence-corrected chi connectivity index (χ3v) is 5.21. The van der Waals surface area contributed by atoms with Gasteiger partial charge >= 0.3 is 0 Å². The summed E-state index contributed by atoms with van der Waals surface area (Å²) in [4.78, 5) is 16.7. The number of methoxy groups -OCH3 is 1. The fourth-order valence-electron chi connectivity index (χ4n) is 3.54. The normalized spacial score (nSPS) is 11.6. The molecule has 33 heavy (non-hydrogen) atoms. The number of aromatic nitrogens is 3. The lowest BCUT2D eigenvalue weighted by molar-refractivity contribution is -0.127. The Balaban J connectivity index is 1.44. The summed E-state index contributed by atoms with van der Waals surface area (Å²) in [6.45, 7) is 2.11. The van der Waals surface area contributed by atoms with E-state index in [4.69, 9.17) is 9.47 Å². The highest BCUT2D eigenvalue weighted by molar-refractivity contribution is 5.81. The summed E-state index contributed by atoms with van der Waals surface area (Å²) in [6, 6.07) is 19.1. The first-order valence-corrected chi connectivity index (χ1v) is 10.7. The van der Waals surface area contributed by atoms with E-state index in [0.717, 1.165) is 27.9 Å². The molecule has 7 nitrogen and oxygen atoms in total. The van der Waals surface area contributed by atoms with Crippen LogP contribution in [0.4, 0.5) is 0 Å². The van der Waals surface area contributed by atoms with Crippen LogP contribution in [0, 0.1) is 0 Å². The molecule has 1 amide bonds. The highest BCUT2D eigenvalue weighted by Crippen LogP contribution is 2.31. The number of pyridine rings is 1. The molecule has 0 aliphatic heterocycles. The number of carbonyl (C=O) groups excluding carboxylic acids is 1. The van der Waals surface area contributed by atoms with E-state index in [1.54, 1.807) is 43.2 Å². The minimum absolute atomic E-state index is 0.196. The average Bonchev–Trinajstić information content (AvgIpc) is 3.25. The van der Waals surface area contributed by atoms with E-state index in [1.807, 2.05) is 61.8 Å². The quantitative estimate of drug-likeness (QED) is 0.442. The van der Waals surface area contributed by atoms with Crippen LogP contribution in [0.1, 0.15) is 12.5 Å². The first-order chi connectivity index (χ1) is 16.0. The van der Waals surface area contributed by atoms with Crippen LogP contribution < -0.4 is 14.8 Å². The zero-order valence-corrected chi connectivity index (χ0v) is 18.9. The van der Waals surface area contributed by atoms with Crippen molar-refractivity contribution in [3.63, 3.8) is 0 Å². The van der Waals surface area contributed by atoms with E-state index >= 15 is 0 Å². The summed E-state index contributed by atoms with van der Waals surface area (Å²) in [7, 11) is 3.50. The van der Waals surface area contributed by atoms with Gasteiger partial charge in [-0.3, -0.25) is 14.5 Å². The van der Waals surface area contributed by atoms with Crippen LogP contribution in [0.15, 0.2) is 79.3 Å². The van der Waals surface area contributed by atoms with E-state index in [0.29, 0.717) is 18.0 Å². The smallest absolute Gasteiger partial charge is 0.261 e. The lowest BCUT2D eigenvalue weighted by Crippen LogP contribution is -2.35. The van der Waals surface area contributed by atoms with Gasteiger partial charge in [0.05, 0.1) is 7.11 Å². The van der Waals surface area contributed by atoms with Crippen molar-refractivity contribution in [3.8, 4) is 33.9 Å². The highest BCUT2D eigenvalue weighted by atomic mass is 16.5. The number of amides is 1. The summed E-state index contributed by atoms with van der Waals surface area (Å²) in [6.07, 6.45) is 4.89. The molecule has 0 aliphatic carbocycles. The van der Waals surface area contributed by atoms with E-state index in [1.165, 1.54) is 0 Å². The summed E-state index contributed by atoms with van der Waals surface area (Å²) < 4.78 is 12.8. The van der Waals surface area contributed by atoms with Gasteiger partial charge in [-0.15, -0.1) is 0 Å². The number of hydrogen-bond acceptors (Lipinski definition) is 5. The predicted octanol–water partition coefficient (Wildman–Crippen LogP) is 4.24. The molecule has 0 fully saturated rings. The first-order valence-electron chi connectivity index (χ1n) is 10.7. The van der Waals surface area contributed by atoms with Crippen LogP contribution in [0.5, 0.6) is 11.5 Å². The van der Waals surface area contributed by atoms with Crippen LogP contribution in [0.3, 0.4) is 0 Å². The topological polar surface area (TPSA) is 78.3 Å². The van der Waals surface area contributed by atoms with Gasteiger partial charge in [-0.25, -0.2) is 0 Å². The summed E-state index contributed by atoms with van der Waals surface area (Å²) in [5.41, 5.74) is 4.92. The van der Waals surface area contributed by atoms with Gasteiger partial charge in [0.25, 0.3) is 5.91 Å². The molecule has 2 aromatic heterocycles. The molecule has 1 N–H and O–H groups in total. The lowest BCUT2D eigenvalue weighted by Gasteiger charge is -2.15. The number of hydrogen-bond donors (Lipinski definition) is 1. The third kappa shape index (κ3) is 5.38. The van der Waals surface area contributed by atoms with Gasteiger partial charge in [0.1, 0.15) is 17.2 Å². The van der Waals surface area contributed by atoms with Crippen LogP contribution in [0.25, 0.3) is 22.4 Å². The van der Waals surface area contributed by atoms with Gasteiger partial charge < -0.3 is 14.8 Å². The fraction of sp³-hybridized carbons (Fsp3) is 0.192. The molecule has 168 valence electrons. The van der Waals surface area contributed by atoms with Crippen LogP contribution in [0.2, 0.25) is 0 Å². The second kappa shape index (κ2) is 9.99. The van der Waals surface area contributed by atoms with Crippen molar-refractivity contribution in [1.82, 2.24) is 20.1 Å². The molecule has 1 atom stereocenters. The number of rotatable bonds is 8. The maximum atomic E-state index is 12.6. The number of nitrogens with zero attached hydrogens (tertiary/aromatic N) is 3. The van der Waals surface area contributed by atoms with Gasteiger partial charge in [-0.1, -0.05) is 24.3 Å². The third-order valence-electron chi connectivity index (χ3n) is 5.21. The average molecular weight is 443 g/mol. The largest absolute Gasteiger partial charge is 0.497 e. The molecule has 4 aromatic rings. The minimum atomic E-state index is -0.644. The lowest BCUT2D eigenvalue weighted by atomic mass is 10.0. The Labute approximate surface area is 193 Å². The van der Waals surface area contributed by atoms with Gasteiger partial charge in [0, 0.05) is 49.4 Å². The van der Waals surface area contributed by atoms with Crippen molar-refractivity contribution in [2.24, 2.45) is 7.05 Å². The number of aryl methyl sites for hydroxylation is 1. The number of nitrogens with one attached hydrogen (secondary N) is 1. The summed E-state index contributed by atoms with van der Waals surface area (Å²) in [5.74, 6) is 1.06. The Morgan fingerprint density at radius 3 is 2.58 bits per heavy atom. The van der Waals surface area contributed by atoms with Gasteiger partial charge in [0.2, 0.25) is 0 Å². The maximum Gasteiger partial charge on any atom is 0.261 e. The number of ether oxygens (including phenoxy) is 2. The molecular formula is C26H26N4O3. The molecule has 7 heteroatoms. The zero-order valence-electron chi connectivity index (χ0n) is 18.9. The minimum Gasteiger partial charge on any atom is -0.497 e. The standard InChI is InChI=1S/C26H26N4O3/c1-18(33-23-9-5-8-22(15-23)32-3)26(31)28-16-19-6-4-7-21(14-19)25-24(17-30(2)29-25)20-10-12-27-13-11-20/h4-15,17-18H,16H2,1-3H3,(H,28,31). The molecule has 1 unspecified atom stereocenters. The molecule has 0 saturated carbocycles.